The largest absolute Gasteiger partial charge is 0.497 e. The molecular formula is C30H36FN3O5S. The summed E-state index contributed by atoms with van der Waals surface area (Å²) < 4.78 is 47.6. The van der Waals surface area contributed by atoms with E-state index in [4.69, 9.17) is 4.74 Å². The van der Waals surface area contributed by atoms with Gasteiger partial charge in [-0.3, -0.25) is 13.9 Å². The summed E-state index contributed by atoms with van der Waals surface area (Å²) in [5, 5.41) is 2.88. The van der Waals surface area contributed by atoms with Crippen LogP contribution in [0.5, 0.6) is 5.75 Å². The number of nitrogens with one attached hydrogen (secondary N) is 1. The summed E-state index contributed by atoms with van der Waals surface area (Å²) in [7, 11) is -2.72. The third-order valence-electron chi connectivity index (χ3n) is 6.29. The van der Waals surface area contributed by atoms with Crippen molar-refractivity contribution in [3.63, 3.8) is 0 Å². The maximum atomic E-state index is 14.0. The van der Waals surface area contributed by atoms with Crippen molar-refractivity contribution in [1.82, 2.24) is 10.2 Å². The molecule has 1 N–H and O–H groups in total. The van der Waals surface area contributed by atoms with E-state index in [2.05, 4.69) is 5.32 Å². The van der Waals surface area contributed by atoms with Gasteiger partial charge in [0.05, 0.1) is 17.7 Å². The van der Waals surface area contributed by atoms with Gasteiger partial charge in [0.2, 0.25) is 11.8 Å². The van der Waals surface area contributed by atoms with Gasteiger partial charge in [0, 0.05) is 19.2 Å². The normalized spacial score (nSPS) is 12.1. The first-order valence-corrected chi connectivity index (χ1v) is 14.5. The van der Waals surface area contributed by atoms with E-state index in [0.29, 0.717) is 24.3 Å². The van der Waals surface area contributed by atoms with Crippen LogP contribution in [-0.2, 0) is 26.2 Å². The lowest BCUT2D eigenvalue weighted by molar-refractivity contribution is -0.140. The van der Waals surface area contributed by atoms with Gasteiger partial charge in [0.25, 0.3) is 10.0 Å². The maximum absolute atomic E-state index is 14.0. The molecule has 0 aliphatic heterocycles. The van der Waals surface area contributed by atoms with E-state index in [0.717, 1.165) is 4.31 Å². The summed E-state index contributed by atoms with van der Waals surface area (Å²) in [5.74, 6) is -0.742. The zero-order chi connectivity index (χ0) is 29.3. The Morgan fingerprint density at radius 2 is 1.65 bits per heavy atom. The van der Waals surface area contributed by atoms with E-state index >= 15 is 0 Å². The van der Waals surface area contributed by atoms with Crippen molar-refractivity contribution in [2.24, 2.45) is 5.92 Å². The fraction of sp³-hybridized carbons (Fsp3) is 0.333. The second kappa shape index (κ2) is 13.9. The fourth-order valence-electron chi connectivity index (χ4n) is 4.14. The number of sulfonamides is 1. The van der Waals surface area contributed by atoms with Crippen LogP contribution in [0.4, 0.5) is 10.1 Å². The number of carbonyl (C=O) groups excluding carboxylic acids is 2. The highest BCUT2D eigenvalue weighted by Crippen LogP contribution is 2.27. The summed E-state index contributed by atoms with van der Waals surface area (Å²) >= 11 is 0. The molecular weight excluding hydrogens is 533 g/mol. The lowest BCUT2D eigenvalue weighted by Crippen LogP contribution is -2.52. The Hall–Kier alpha value is -3.92. The van der Waals surface area contributed by atoms with Crippen molar-refractivity contribution in [2.45, 2.75) is 44.7 Å². The zero-order valence-corrected chi connectivity index (χ0v) is 24.0. The number of amides is 2. The summed E-state index contributed by atoms with van der Waals surface area (Å²) in [5.41, 5.74) is 0.833. The molecule has 1 atom stereocenters. The minimum absolute atomic E-state index is 0.00987. The second-order valence-corrected chi connectivity index (χ2v) is 11.6. The van der Waals surface area contributed by atoms with Crippen LogP contribution in [0.25, 0.3) is 0 Å². The highest BCUT2D eigenvalue weighted by molar-refractivity contribution is 7.92. The highest BCUT2D eigenvalue weighted by atomic mass is 32.2. The first-order chi connectivity index (χ1) is 19.1. The molecule has 0 heterocycles. The number of anilines is 1. The van der Waals surface area contributed by atoms with Crippen molar-refractivity contribution in [3.8, 4) is 5.75 Å². The first kappa shape index (κ1) is 30.6. The molecule has 2 amide bonds. The molecule has 0 bridgehead atoms. The van der Waals surface area contributed by atoms with Crippen LogP contribution in [0.1, 0.15) is 32.8 Å². The molecule has 0 saturated heterocycles. The molecule has 0 aliphatic carbocycles. The Kier molecular flexibility index (Phi) is 10.7. The molecule has 0 saturated carbocycles. The van der Waals surface area contributed by atoms with Gasteiger partial charge in [0.1, 0.15) is 24.2 Å². The van der Waals surface area contributed by atoms with Crippen molar-refractivity contribution >= 4 is 27.5 Å². The van der Waals surface area contributed by atoms with E-state index in [1.54, 1.807) is 43.3 Å². The van der Waals surface area contributed by atoms with Crippen molar-refractivity contribution in [3.05, 3.63) is 90.2 Å². The number of hydrogen-bond donors (Lipinski definition) is 1. The molecule has 3 aromatic rings. The highest BCUT2D eigenvalue weighted by Gasteiger charge is 2.33. The maximum Gasteiger partial charge on any atom is 0.264 e. The van der Waals surface area contributed by atoms with Gasteiger partial charge in [-0.25, -0.2) is 12.8 Å². The van der Waals surface area contributed by atoms with Crippen molar-refractivity contribution < 1.29 is 27.1 Å². The van der Waals surface area contributed by atoms with Gasteiger partial charge in [-0.05, 0) is 54.3 Å². The number of halogens is 1. The molecule has 40 heavy (non-hydrogen) atoms. The van der Waals surface area contributed by atoms with Gasteiger partial charge in [-0.15, -0.1) is 0 Å². The molecule has 10 heteroatoms. The SMILES string of the molecule is CC[C@H](C(=O)NCC(C)C)N(Cc1ccc(F)cc1)C(=O)CN(c1cccc(OC)c1)S(=O)(=O)c1ccccc1. The average molecular weight is 570 g/mol. The topological polar surface area (TPSA) is 96.0 Å². The number of hydrogen-bond acceptors (Lipinski definition) is 5. The van der Waals surface area contributed by atoms with E-state index in [9.17, 15) is 22.4 Å². The van der Waals surface area contributed by atoms with Gasteiger partial charge in [-0.2, -0.15) is 0 Å². The summed E-state index contributed by atoms with van der Waals surface area (Å²) in [6, 6.07) is 19.0. The number of ether oxygens (including phenoxy) is 1. The Morgan fingerprint density at radius 1 is 0.975 bits per heavy atom. The van der Waals surface area contributed by atoms with Crippen LogP contribution >= 0.6 is 0 Å². The van der Waals surface area contributed by atoms with Gasteiger partial charge in [0.15, 0.2) is 0 Å². The van der Waals surface area contributed by atoms with Crippen LogP contribution < -0.4 is 14.4 Å². The summed E-state index contributed by atoms with van der Waals surface area (Å²) in [6.07, 6.45) is 0.293. The molecule has 0 aromatic heterocycles. The monoisotopic (exact) mass is 569 g/mol. The molecule has 0 radical (unpaired) electrons. The molecule has 0 spiro atoms. The van der Waals surface area contributed by atoms with Crippen LogP contribution in [0.15, 0.2) is 83.8 Å². The zero-order valence-electron chi connectivity index (χ0n) is 23.2. The van der Waals surface area contributed by atoms with Crippen LogP contribution in [0.3, 0.4) is 0 Å². The van der Waals surface area contributed by atoms with Gasteiger partial charge in [-0.1, -0.05) is 57.2 Å². The molecule has 8 nitrogen and oxygen atoms in total. The Labute approximate surface area is 235 Å². The van der Waals surface area contributed by atoms with E-state index in [1.807, 2.05) is 13.8 Å². The molecule has 0 unspecified atom stereocenters. The summed E-state index contributed by atoms with van der Waals surface area (Å²) in [4.78, 5) is 28.6. The van der Waals surface area contributed by atoms with Gasteiger partial charge < -0.3 is 15.0 Å². The smallest absolute Gasteiger partial charge is 0.264 e. The minimum Gasteiger partial charge on any atom is -0.497 e. The molecule has 0 aliphatic rings. The number of methoxy groups -OCH3 is 1. The molecule has 3 aromatic carbocycles. The average Bonchev–Trinajstić information content (AvgIpc) is 2.95. The standard InChI is InChI=1S/C30H36FN3O5S/c1-5-28(30(36)32-19-22(2)3)33(20-23-14-16-24(31)17-15-23)29(35)21-34(25-10-9-11-26(18-25)39-4)40(37,38)27-12-7-6-8-13-27/h6-18,22,28H,5,19-21H2,1-4H3,(H,32,36)/t28-/m1/s1. The van der Waals surface area contributed by atoms with E-state index in [-0.39, 0.29) is 29.0 Å². The third-order valence-corrected chi connectivity index (χ3v) is 8.08. The van der Waals surface area contributed by atoms with E-state index < -0.39 is 34.3 Å². The minimum atomic E-state index is -4.18. The second-order valence-electron chi connectivity index (χ2n) is 9.74. The third kappa shape index (κ3) is 7.81. The van der Waals surface area contributed by atoms with Crippen LogP contribution in [0, 0.1) is 11.7 Å². The van der Waals surface area contributed by atoms with Gasteiger partial charge >= 0.3 is 0 Å². The van der Waals surface area contributed by atoms with Crippen molar-refractivity contribution in [1.29, 1.82) is 0 Å². The number of benzene rings is 3. The number of carbonyl (C=O) groups is 2. The molecule has 0 fully saturated rings. The predicted octanol–water partition coefficient (Wildman–Crippen LogP) is 4.61. The Balaban J connectivity index is 2.05. The molecule has 3 rings (SSSR count). The Morgan fingerprint density at radius 3 is 2.25 bits per heavy atom. The summed E-state index contributed by atoms with van der Waals surface area (Å²) in [6.45, 7) is 5.55. The van der Waals surface area contributed by atoms with Crippen LogP contribution in [0.2, 0.25) is 0 Å². The van der Waals surface area contributed by atoms with Crippen molar-refractivity contribution in [2.75, 3.05) is 24.5 Å². The molecule has 214 valence electrons. The fourth-order valence-corrected chi connectivity index (χ4v) is 5.57. The Bertz CT molecular complexity index is 1380. The predicted molar refractivity (Wildman–Crippen MR) is 153 cm³/mol. The van der Waals surface area contributed by atoms with E-state index in [1.165, 1.54) is 54.5 Å². The number of nitrogens with zero attached hydrogens (tertiary/aromatic N) is 2. The van der Waals surface area contributed by atoms with Crippen LogP contribution in [-0.4, -0.2) is 51.4 Å². The number of rotatable bonds is 13. The quantitative estimate of drug-likeness (QED) is 0.324. The lowest BCUT2D eigenvalue weighted by atomic mass is 10.1. The lowest BCUT2D eigenvalue weighted by Gasteiger charge is -2.33. The first-order valence-electron chi connectivity index (χ1n) is 13.1.